The highest BCUT2D eigenvalue weighted by Gasteiger charge is 2.10. The molecule has 0 atom stereocenters. The van der Waals surface area contributed by atoms with E-state index in [1.807, 2.05) is 0 Å². The molecule has 1 heterocycles. The standard InChI is InChI=1S/C22H19Cl2NO5/c1-14(26)12-29-20-6-4-17(11-21(20)28-2)25-8-7-15(9-22(25)27)13-30-19-5-3-16(23)10-18(19)24/h3-11,26H,1,12-13H2,2H3. The Hall–Kier alpha value is -3.09. The van der Waals surface area contributed by atoms with Gasteiger partial charge in [0.2, 0.25) is 0 Å². The van der Waals surface area contributed by atoms with E-state index >= 15 is 0 Å². The summed E-state index contributed by atoms with van der Waals surface area (Å²) < 4.78 is 17.9. The number of aromatic nitrogens is 1. The van der Waals surface area contributed by atoms with E-state index < -0.39 is 0 Å². The van der Waals surface area contributed by atoms with E-state index in [1.165, 1.54) is 17.7 Å². The van der Waals surface area contributed by atoms with E-state index in [4.69, 9.17) is 37.4 Å². The summed E-state index contributed by atoms with van der Waals surface area (Å²) >= 11 is 12.0. The van der Waals surface area contributed by atoms with Gasteiger partial charge >= 0.3 is 0 Å². The van der Waals surface area contributed by atoms with Crippen LogP contribution in [0.25, 0.3) is 5.69 Å². The van der Waals surface area contributed by atoms with Crippen molar-refractivity contribution in [1.82, 2.24) is 4.57 Å². The maximum Gasteiger partial charge on any atom is 0.255 e. The third-order valence-corrected chi connectivity index (χ3v) is 4.62. The first-order valence-corrected chi connectivity index (χ1v) is 9.60. The molecule has 0 unspecified atom stereocenters. The number of benzene rings is 2. The molecule has 3 rings (SSSR count). The molecule has 0 amide bonds. The van der Waals surface area contributed by atoms with E-state index in [2.05, 4.69) is 6.58 Å². The summed E-state index contributed by atoms with van der Waals surface area (Å²) in [6, 6.07) is 13.2. The lowest BCUT2D eigenvalue weighted by molar-refractivity contribution is 0.261. The highest BCUT2D eigenvalue weighted by Crippen LogP contribution is 2.30. The Morgan fingerprint density at radius 1 is 1.03 bits per heavy atom. The first-order chi connectivity index (χ1) is 14.4. The van der Waals surface area contributed by atoms with Gasteiger partial charge in [-0.1, -0.05) is 29.8 Å². The number of hydrogen-bond acceptors (Lipinski definition) is 5. The third kappa shape index (κ3) is 5.28. The molecule has 0 saturated heterocycles. The summed E-state index contributed by atoms with van der Waals surface area (Å²) in [7, 11) is 1.49. The Morgan fingerprint density at radius 3 is 2.47 bits per heavy atom. The van der Waals surface area contributed by atoms with E-state index in [9.17, 15) is 9.90 Å². The van der Waals surface area contributed by atoms with Crippen molar-refractivity contribution in [2.75, 3.05) is 13.7 Å². The van der Waals surface area contributed by atoms with Crippen LogP contribution in [-0.2, 0) is 6.61 Å². The van der Waals surface area contributed by atoms with Crippen LogP contribution in [0.15, 0.2) is 71.9 Å². The van der Waals surface area contributed by atoms with E-state index in [0.717, 1.165) is 0 Å². The quantitative estimate of drug-likeness (QED) is 0.481. The Morgan fingerprint density at radius 2 is 1.80 bits per heavy atom. The predicted molar refractivity (Wildman–Crippen MR) is 117 cm³/mol. The first kappa shape index (κ1) is 21.6. The molecule has 6 nitrogen and oxygen atoms in total. The lowest BCUT2D eigenvalue weighted by atomic mass is 10.2. The molecule has 0 radical (unpaired) electrons. The van der Waals surface area contributed by atoms with Gasteiger partial charge in [-0.3, -0.25) is 9.36 Å². The lowest BCUT2D eigenvalue weighted by Crippen LogP contribution is -2.18. The minimum absolute atomic E-state index is 0.0536. The molecule has 0 aliphatic carbocycles. The van der Waals surface area contributed by atoms with Crippen molar-refractivity contribution in [2.45, 2.75) is 6.61 Å². The van der Waals surface area contributed by atoms with Crippen molar-refractivity contribution >= 4 is 23.2 Å². The summed E-state index contributed by atoms with van der Waals surface area (Å²) in [5.74, 6) is 1.23. The smallest absolute Gasteiger partial charge is 0.255 e. The average Bonchev–Trinajstić information content (AvgIpc) is 2.71. The zero-order valence-corrected chi connectivity index (χ0v) is 17.6. The second-order valence-corrected chi connectivity index (χ2v) is 7.14. The van der Waals surface area contributed by atoms with Crippen LogP contribution in [0.2, 0.25) is 10.0 Å². The number of hydrogen-bond donors (Lipinski definition) is 1. The number of pyridine rings is 1. The molecule has 0 bridgehead atoms. The highest BCUT2D eigenvalue weighted by molar-refractivity contribution is 6.35. The molecule has 0 spiro atoms. The largest absolute Gasteiger partial charge is 0.509 e. The number of aliphatic hydroxyl groups excluding tert-OH is 1. The summed E-state index contributed by atoms with van der Waals surface area (Å²) in [4.78, 5) is 12.6. The van der Waals surface area contributed by atoms with Crippen LogP contribution in [0.1, 0.15) is 5.56 Å². The maximum absolute atomic E-state index is 12.6. The van der Waals surface area contributed by atoms with Gasteiger partial charge in [0.25, 0.3) is 5.56 Å². The zero-order chi connectivity index (χ0) is 21.7. The summed E-state index contributed by atoms with van der Waals surface area (Å²) in [6.45, 7) is 3.50. The van der Waals surface area contributed by atoms with Gasteiger partial charge in [0.1, 0.15) is 24.7 Å². The zero-order valence-electron chi connectivity index (χ0n) is 16.1. The van der Waals surface area contributed by atoms with Crippen molar-refractivity contribution in [3.05, 3.63) is 93.0 Å². The van der Waals surface area contributed by atoms with Crippen LogP contribution >= 0.6 is 23.2 Å². The van der Waals surface area contributed by atoms with Gasteiger partial charge in [-0.05, 0) is 42.0 Å². The Labute approximate surface area is 183 Å². The normalized spacial score (nSPS) is 10.5. The summed E-state index contributed by atoms with van der Waals surface area (Å²) in [5.41, 5.74) is 1.05. The van der Waals surface area contributed by atoms with Crippen molar-refractivity contribution in [2.24, 2.45) is 0 Å². The average molecular weight is 448 g/mol. The molecule has 156 valence electrons. The van der Waals surface area contributed by atoms with Crippen LogP contribution in [0.3, 0.4) is 0 Å². The van der Waals surface area contributed by atoms with Crippen molar-refractivity contribution in [3.8, 4) is 22.9 Å². The van der Waals surface area contributed by atoms with Crippen LogP contribution in [0.4, 0.5) is 0 Å². The van der Waals surface area contributed by atoms with E-state index in [0.29, 0.717) is 38.5 Å². The Bertz CT molecular complexity index is 1130. The van der Waals surface area contributed by atoms with Crippen molar-refractivity contribution in [1.29, 1.82) is 0 Å². The molecule has 0 aliphatic heterocycles. The van der Waals surface area contributed by atoms with Gasteiger partial charge in [0.05, 0.1) is 17.8 Å². The number of rotatable bonds is 8. The van der Waals surface area contributed by atoms with Gasteiger partial charge in [-0.15, -0.1) is 0 Å². The number of aliphatic hydroxyl groups is 1. The fourth-order valence-electron chi connectivity index (χ4n) is 2.66. The van der Waals surface area contributed by atoms with Gasteiger partial charge in [-0.25, -0.2) is 0 Å². The summed E-state index contributed by atoms with van der Waals surface area (Å²) in [6.07, 6.45) is 1.65. The molecule has 0 aliphatic rings. The molecule has 3 aromatic rings. The molecular weight excluding hydrogens is 429 g/mol. The number of methoxy groups -OCH3 is 1. The summed E-state index contributed by atoms with van der Waals surface area (Å²) in [5, 5.41) is 10.1. The SMILES string of the molecule is C=C(O)COc1ccc(-n2ccc(COc3ccc(Cl)cc3Cl)cc2=O)cc1OC. The monoisotopic (exact) mass is 447 g/mol. The Kier molecular flexibility index (Phi) is 6.92. The van der Waals surface area contributed by atoms with Gasteiger partial charge < -0.3 is 19.3 Å². The maximum atomic E-state index is 12.6. The molecule has 1 N–H and O–H groups in total. The molecule has 0 saturated carbocycles. The number of ether oxygens (including phenoxy) is 3. The number of halogens is 2. The molecular formula is C22H19Cl2NO5. The van der Waals surface area contributed by atoms with Crippen LogP contribution < -0.4 is 19.8 Å². The van der Waals surface area contributed by atoms with Crippen molar-refractivity contribution < 1.29 is 19.3 Å². The fourth-order valence-corrected chi connectivity index (χ4v) is 3.13. The van der Waals surface area contributed by atoms with Gasteiger partial charge in [0, 0.05) is 23.4 Å². The number of nitrogens with zero attached hydrogens (tertiary/aromatic N) is 1. The molecule has 2 aromatic carbocycles. The lowest BCUT2D eigenvalue weighted by Gasteiger charge is -2.13. The highest BCUT2D eigenvalue weighted by atomic mass is 35.5. The van der Waals surface area contributed by atoms with Crippen LogP contribution in [0, 0.1) is 0 Å². The topological polar surface area (TPSA) is 69.9 Å². The van der Waals surface area contributed by atoms with Crippen molar-refractivity contribution in [3.63, 3.8) is 0 Å². The van der Waals surface area contributed by atoms with Crippen LogP contribution in [0.5, 0.6) is 17.2 Å². The van der Waals surface area contributed by atoms with Crippen LogP contribution in [-0.4, -0.2) is 23.4 Å². The molecule has 1 aromatic heterocycles. The Balaban J connectivity index is 1.77. The minimum atomic E-state index is -0.238. The molecule has 8 heteroatoms. The fraction of sp³-hybridized carbons (Fsp3) is 0.136. The second-order valence-electron chi connectivity index (χ2n) is 6.30. The van der Waals surface area contributed by atoms with E-state index in [1.54, 1.807) is 48.7 Å². The van der Waals surface area contributed by atoms with Gasteiger partial charge in [-0.2, -0.15) is 0 Å². The molecule has 30 heavy (non-hydrogen) atoms. The molecule has 0 fully saturated rings. The predicted octanol–water partition coefficient (Wildman–Crippen LogP) is 5.18. The second kappa shape index (κ2) is 9.61. The third-order valence-electron chi connectivity index (χ3n) is 4.09. The first-order valence-electron chi connectivity index (χ1n) is 8.85. The minimum Gasteiger partial charge on any atom is -0.509 e. The van der Waals surface area contributed by atoms with E-state index in [-0.39, 0.29) is 24.5 Å². The van der Waals surface area contributed by atoms with Gasteiger partial charge in [0.15, 0.2) is 11.5 Å².